The van der Waals surface area contributed by atoms with E-state index in [9.17, 15) is 9.90 Å². The second kappa shape index (κ2) is 7.38. The van der Waals surface area contributed by atoms with E-state index in [2.05, 4.69) is 33.9 Å². The van der Waals surface area contributed by atoms with Gasteiger partial charge in [0.1, 0.15) is 0 Å². The summed E-state index contributed by atoms with van der Waals surface area (Å²) in [6.07, 6.45) is 0.537. The molecule has 0 unspecified atom stereocenters. The molecule has 0 aromatic heterocycles. The molecule has 0 spiro atoms. The molecule has 0 fully saturated rings. The molecule has 1 N–H and O–H groups in total. The fourth-order valence-electron chi connectivity index (χ4n) is 1.32. The Hall–Kier alpha value is -0.433. The molecule has 0 saturated carbocycles. The van der Waals surface area contributed by atoms with Crippen LogP contribution >= 0.6 is 0 Å². The van der Waals surface area contributed by atoms with Gasteiger partial charge in [-0.2, -0.15) is 0 Å². The normalized spacial score (nSPS) is 14.3. The van der Waals surface area contributed by atoms with E-state index in [0.717, 1.165) is 0 Å². The third-order valence-corrected chi connectivity index (χ3v) is 8.31. The molecule has 0 radical (unpaired) electrons. The molecular formula is C13H29NO4Si. The summed E-state index contributed by atoms with van der Waals surface area (Å²) in [6, 6.07) is 0. The van der Waals surface area contributed by atoms with Crippen LogP contribution in [0.3, 0.4) is 0 Å². The van der Waals surface area contributed by atoms with Crippen molar-refractivity contribution in [3.63, 3.8) is 0 Å². The fourth-order valence-corrected chi connectivity index (χ4v) is 2.70. The van der Waals surface area contributed by atoms with E-state index in [1.165, 1.54) is 12.2 Å². The zero-order valence-corrected chi connectivity index (χ0v) is 14.3. The SMILES string of the molecule is CON(C)C(=O)CC[C@@H](CO)O[Si](C)(C)C(C)(C)C. The van der Waals surface area contributed by atoms with Crippen LogP contribution in [0, 0.1) is 0 Å². The standard InChI is InChI=1S/C13H29NO4Si/c1-13(2,3)19(6,7)18-11(10-15)8-9-12(16)14(4)17-5/h11,15H,8-10H2,1-7H3/t11-/m0/s1. The van der Waals surface area contributed by atoms with Crippen molar-refractivity contribution >= 4 is 14.2 Å². The topological polar surface area (TPSA) is 59.0 Å². The van der Waals surface area contributed by atoms with E-state index in [-0.39, 0.29) is 23.7 Å². The smallest absolute Gasteiger partial charge is 0.245 e. The predicted molar refractivity (Wildman–Crippen MR) is 78.2 cm³/mol. The summed E-state index contributed by atoms with van der Waals surface area (Å²) < 4.78 is 6.09. The molecule has 1 atom stereocenters. The zero-order valence-electron chi connectivity index (χ0n) is 13.3. The molecule has 0 aliphatic rings. The van der Waals surface area contributed by atoms with E-state index in [1.807, 2.05) is 0 Å². The molecule has 0 rings (SSSR count). The van der Waals surface area contributed by atoms with Gasteiger partial charge in [0.05, 0.1) is 19.8 Å². The third-order valence-electron chi connectivity index (χ3n) is 3.78. The summed E-state index contributed by atoms with van der Waals surface area (Å²) >= 11 is 0. The first-order valence-electron chi connectivity index (χ1n) is 6.64. The van der Waals surface area contributed by atoms with Gasteiger partial charge >= 0.3 is 0 Å². The highest BCUT2D eigenvalue weighted by Gasteiger charge is 2.39. The van der Waals surface area contributed by atoms with Gasteiger partial charge in [-0.1, -0.05) is 20.8 Å². The number of carbonyl (C=O) groups is 1. The van der Waals surface area contributed by atoms with Gasteiger partial charge in [-0.3, -0.25) is 9.63 Å². The maximum Gasteiger partial charge on any atom is 0.245 e. The summed E-state index contributed by atoms with van der Waals surface area (Å²) in [5.41, 5.74) is 0. The van der Waals surface area contributed by atoms with Crippen LogP contribution in [0.15, 0.2) is 0 Å². The maximum absolute atomic E-state index is 11.6. The zero-order chi connectivity index (χ0) is 15.3. The van der Waals surface area contributed by atoms with Crippen molar-refractivity contribution in [2.45, 2.75) is 57.8 Å². The van der Waals surface area contributed by atoms with Gasteiger partial charge in [0.25, 0.3) is 0 Å². The van der Waals surface area contributed by atoms with Crippen LogP contribution in [0.5, 0.6) is 0 Å². The molecule has 0 aliphatic heterocycles. The Bertz CT molecular complexity index is 289. The average molecular weight is 291 g/mol. The van der Waals surface area contributed by atoms with Crippen LogP contribution in [0.4, 0.5) is 0 Å². The number of hydrogen-bond donors (Lipinski definition) is 1. The predicted octanol–water partition coefficient (Wildman–Crippen LogP) is 2.17. The molecule has 6 heteroatoms. The Balaban J connectivity index is 4.42. The lowest BCUT2D eigenvalue weighted by molar-refractivity contribution is -0.169. The number of nitrogens with zero attached hydrogens (tertiary/aromatic N) is 1. The van der Waals surface area contributed by atoms with Gasteiger partial charge in [0.2, 0.25) is 5.91 Å². The lowest BCUT2D eigenvalue weighted by Crippen LogP contribution is -2.45. The van der Waals surface area contributed by atoms with Crippen molar-refractivity contribution in [2.75, 3.05) is 20.8 Å². The van der Waals surface area contributed by atoms with E-state index in [0.29, 0.717) is 12.8 Å². The summed E-state index contributed by atoms with van der Waals surface area (Å²) in [5, 5.41) is 10.7. The number of carbonyl (C=O) groups excluding carboxylic acids is 1. The number of aliphatic hydroxyl groups is 1. The first-order chi connectivity index (χ1) is 8.55. The van der Waals surface area contributed by atoms with Crippen LogP contribution in [0.2, 0.25) is 18.1 Å². The Morgan fingerprint density at radius 1 is 1.37 bits per heavy atom. The van der Waals surface area contributed by atoms with Crippen molar-refractivity contribution in [3.05, 3.63) is 0 Å². The third kappa shape index (κ3) is 6.03. The van der Waals surface area contributed by atoms with E-state index in [4.69, 9.17) is 9.26 Å². The number of amides is 1. The number of aliphatic hydroxyl groups excluding tert-OH is 1. The Labute approximate surface area is 118 Å². The number of rotatable bonds is 7. The summed E-state index contributed by atoms with van der Waals surface area (Å²) in [5.74, 6) is -0.111. The van der Waals surface area contributed by atoms with Crippen molar-refractivity contribution in [1.82, 2.24) is 5.06 Å². The van der Waals surface area contributed by atoms with Gasteiger partial charge in [-0.25, -0.2) is 5.06 Å². The van der Waals surface area contributed by atoms with Gasteiger partial charge in [-0.05, 0) is 24.6 Å². The van der Waals surface area contributed by atoms with Crippen molar-refractivity contribution in [3.8, 4) is 0 Å². The van der Waals surface area contributed by atoms with Crippen LogP contribution in [-0.2, 0) is 14.1 Å². The molecular weight excluding hydrogens is 262 g/mol. The van der Waals surface area contributed by atoms with Crippen LogP contribution in [0.1, 0.15) is 33.6 Å². The number of hydrogen-bond acceptors (Lipinski definition) is 4. The van der Waals surface area contributed by atoms with E-state index >= 15 is 0 Å². The average Bonchev–Trinajstić information content (AvgIpc) is 2.31. The molecule has 0 heterocycles. The second-order valence-corrected chi connectivity index (χ2v) is 11.1. The van der Waals surface area contributed by atoms with Crippen LogP contribution < -0.4 is 0 Å². The molecule has 0 aromatic carbocycles. The molecule has 0 aliphatic carbocycles. The quantitative estimate of drug-likeness (QED) is 0.577. The minimum absolute atomic E-state index is 0.0590. The monoisotopic (exact) mass is 291 g/mol. The summed E-state index contributed by atoms with van der Waals surface area (Å²) in [7, 11) is 1.11. The van der Waals surface area contributed by atoms with E-state index in [1.54, 1.807) is 7.05 Å². The first-order valence-corrected chi connectivity index (χ1v) is 9.55. The van der Waals surface area contributed by atoms with E-state index < -0.39 is 8.32 Å². The summed E-state index contributed by atoms with van der Waals surface area (Å²) in [6.45, 7) is 10.7. The Kier molecular flexibility index (Phi) is 7.21. The van der Waals surface area contributed by atoms with Crippen molar-refractivity contribution < 1.29 is 19.2 Å². The molecule has 0 saturated heterocycles. The lowest BCUT2D eigenvalue weighted by atomic mass is 10.2. The highest BCUT2D eigenvalue weighted by molar-refractivity contribution is 6.74. The highest BCUT2D eigenvalue weighted by atomic mass is 28.4. The first kappa shape index (κ1) is 18.6. The van der Waals surface area contributed by atoms with Gasteiger partial charge in [0, 0.05) is 13.5 Å². The van der Waals surface area contributed by atoms with Gasteiger partial charge in [-0.15, -0.1) is 0 Å². The van der Waals surface area contributed by atoms with Crippen LogP contribution in [0.25, 0.3) is 0 Å². The highest BCUT2D eigenvalue weighted by Crippen LogP contribution is 2.37. The van der Waals surface area contributed by atoms with Crippen molar-refractivity contribution in [2.24, 2.45) is 0 Å². The van der Waals surface area contributed by atoms with Gasteiger partial charge < -0.3 is 9.53 Å². The maximum atomic E-state index is 11.6. The molecule has 19 heavy (non-hydrogen) atoms. The second-order valence-electron chi connectivity index (χ2n) is 6.30. The Morgan fingerprint density at radius 3 is 2.26 bits per heavy atom. The molecule has 114 valence electrons. The molecule has 0 bridgehead atoms. The lowest BCUT2D eigenvalue weighted by Gasteiger charge is -2.39. The Morgan fingerprint density at radius 2 is 1.89 bits per heavy atom. The fraction of sp³-hybridized carbons (Fsp3) is 0.923. The molecule has 5 nitrogen and oxygen atoms in total. The number of hydroxylamine groups is 2. The molecule has 0 aromatic rings. The minimum atomic E-state index is -1.91. The molecule has 1 amide bonds. The summed E-state index contributed by atoms with van der Waals surface area (Å²) in [4.78, 5) is 16.5. The minimum Gasteiger partial charge on any atom is -0.412 e. The van der Waals surface area contributed by atoms with Crippen LogP contribution in [-0.4, -0.2) is 51.3 Å². The van der Waals surface area contributed by atoms with Crippen molar-refractivity contribution in [1.29, 1.82) is 0 Å². The van der Waals surface area contributed by atoms with Gasteiger partial charge in [0.15, 0.2) is 8.32 Å². The largest absolute Gasteiger partial charge is 0.412 e.